The molecule has 0 spiro atoms. The van der Waals surface area contributed by atoms with E-state index in [1.807, 2.05) is 11.9 Å². The Kier molecular flexibility index (Phi) is 2.71. The molecule has 0 amide bonds. The van der Waals surface area contributed by atoms with E-state index in [0.29, 0.717) is 5.75 Å². The van der Waals surface area contributed by atoms with Gasteiger partial charge in [0.15, 0.2) is 0 Å². The molecule has 0 aliphatic carbocycles. The molecule has 1 aromatic rings. The Hall–Kier alpha value is -0.740. The van der Waals surface area contributed by atoms with E-state index < -0.39 is 0 Å². The second-order valence-corrected chi connectivity index (χ2v) is 4.20. The van der Waals surface area contributed by atoms with Crippen LogP contribution in [0.1, 0.15) is 12.1 Å². The highest BCUT2D eigenvalue weighted by Gasteiger charge is 2.14. The molecule has 1 fully saturated rings. The third-order valence-electron chi connectivity index (χ3n) is 2.02. The zero-order valence-electron chi connectivity index (χ0n) is 7.31. The first-order chi connectivity index (χ1) is 6.36. The molecule has 2 heterocycles. The van der Waals surface area contributed by atoms with E-state index in [2.05, 4.69) is 9.29 Å². The standard InChI is InChI=1S/C9H12N2OS/c12-9-3-1-4-10-8(9)7-11-5-2-6-13-11/h1,3-4,12H,2,5-7H2. The van der Waals surface area contributed by atoms with Crippen LogP contribution in [0, 0.1) is 0 Å². The second kappa shape index (κ2) is 3.98. The highest BCUT2D eigenvalue weighted by atomic mass is 32.2. The molecular weight excluding hydrogens is 184 g/mol. The van der Waals surface area contributed by atoms with Gasteiger partial charge in [0.25, 0.3) is 0 Å². The lowest BCUT2D eigenvalue weighted by Crippen LogP contribution is -2.11. The minimum absolute atomic E-state index is 0.301. The van der Waals surface area contributed by atoms with Crippen molar-refractivity contribution in [2.75, 3.05) is 12.3 Å². The Bertz CT molecular complexity index is 287. The summed E-state index contributed by atoms with van der Waals surface area (Å²) in [5, 5.41) is 9.47. The van der Waals surface area contributed by atoms with Crippen molar-refractivity contribution in [1.82, 2.24) is 9.29 Å². The Labute approximate surface area is 81.9 Å². The van der Waals surface area contributed by atoms with Crippen LogP contribution in [0.2, 0.25) is 0 Å². The molecule has 70 valence electrons. The molecule has 0 radical (unpaired) electrons. The first-order valence-electron chi connectivity index (χ1n) is 4.37. The van der Waals surface area contributed by atoms with Gasteiger partial charge in [0, 0.05) is 18.5 Å². The zero-order valence-corrected chi connectivity index (χ0v) is 8.13. The van der Waals surface area contributed by atoms with Crippen LogP contribution in [0.15, 0.2) is 18.3 Å². The Morgan fingerprint density at radius 1 is 1.62 bits per heavy atom. The predicted molar refractivity (Wildman–Crippen MR) is 53.4 cm³/mol. The van der Waals surface area contributed by atoms with Crippen molar-refractivity contribution in [1.29, 1.82) is 0 Å². The minimum atomic E-state index is 0.301. The van der Waals surface area contributed by atoms with Crippen molar-refractivity contribution >= 4 is 11.9 Å². The monoisotopic (exact) mass is 196 g/mol. The fraction of sp³-hybridized carbons (Fsp3) is 0.444. The van der Waals surface area contributed by atoms with E-state index in [1.165, 1.54) is 12.2 Å². The fourth-order valence-corrected chi connectivity index (χ4v) is 2.33. The summed E-state index contributed by atoms with van der Waals surface area (Å²) in [7, 11) is 0. The molecule has 1 aromatic heterocycles. The van der Waals surface area contributed by atoms with E-state index in [1.54, 1.807) is 18.3 Å². The smallest absolute Gasteiger partial charge is 0.138 e. The summed E-state index contributed by atoms with van der Waals surface area (Å²) >= 11 is 1.83. The quantitative estimate of drug-likeness (QED) is 0.729. The summed E-state index contributed by atoms with van der Waals surface area (Å²) in [6, 6.07) is 3.43. The SMILES string of the molecule is Oc1cccnc1CN1CCCS1. The van der Waals surface area contributed by atoms with Gasteiger partial charge in [-0.3, -0.25) is 4.98 Å². The second-order valence-electron chi connectivity index (χ2n) is 3.02. The minimum Gasteiger partial charge on any atom is -0.506 e. The van der Waals surface area contributed by atoms with Crippen LogP contribution in [-0.2, 0) is 6.54 Å². The molecule has 0 aromatic carbocycles. The van der Waals surface area contributed by atoms with Crippen molar-refractivity contribution in [3.63, 3.8) is 0 Å². The normalized spacial score (nSPS) is 17.8. The van der Waals surface area contributed by atoms with Crippen molar-refractivity contribution in [2.45, 2.75) is 13.0 Å². The van der Waals surface area contributed by atoms with Crippen molar-refractivity contribution in [2.24, 2.45) is 0 Å². The van der Waals surface area contributed by atoms with Crippen molar-refractivity contribution in [3.05, 3.63) is 24.0 Å². The van der Waals surface area contributed by atoms with E-state index in [-0.39, 0.29) is 0 Å². The molecule has 0 saturated carbocycles. The van der Waals surface area contributed by atoms with Gasteiger partial charge >= 0.3 is 0 Å². The third kappa shape index (κ3) is 2.14. The summed E-state index contributed by atoms with van der Waals surface area (Å²) in [5.41, 5.74) is 0.775. The number of rotatable bonds is 2. The van der Waals surface area contributed by atoms with Crippen LogP contribution in [0.5, 0.6) is 5.75 Å². The van der Waals surface area contributed by atoms with Gasteiger partial charge in [-0.2, -0.15) is 0 Å². The highest BCUT2D eigenvalue weighted by Crippen LogP contribution is 2.24. The van der Waals surface area contributed by atoms with Gasteiger partial charge in [-0.25, -0.2) is 4.31 Å². The first kappa shape index (κ1) is 8.84. The van der Waals surface area contributed by atoms with Crippen LogP contribution >= 0.6 is 11.9 Å². The predicted octanol–water partition coefficient (Wildman–Crippen LogP) is 1.64. The van der Waals surface area contributed by atoms with Crippen molar-refractivity contribution in [3.8, 4) is 5.75 Å². The van der Waals surface area contributed by atoms with Gasteiger partial charge in [0.2, 0.25) is 0 Å². The Morgan fingerprint density at radius 2 is 2.54 bits per heavy atom. The van der Waals surface area contributed by atoms with E-state index in [9.17, 15) is 5.11 Å². The van der Waals surface area contributed by atoms with E-state index in [0.717, 1.165) is 18.8 Å². The van der Waals surface area contributed by atoms with E-state index >= 15 is 0 Å². The van der Waals surface area contributed by atoms with Gasteiger partial charge < -0.3 is 5.11 Å². The van der Waals surface area contributed by atoms with Gasteiger partial charge in [-0.05, 0) is 18.6 Å². The topological polar surface area (TPSA) is 36.4 Å². The molecule has 1 saturated heterocycles. The highest BCUT2D eigenvalue weighted by molar-refractivity contribution is 7.97. The largest absolute Gasteiger partial charge is 0.506 e. The molecule has 1 aliphatic heterocycles. The molecule has 2 rings (SSSR count). The molecule has 0 unspecified atom stereocenters. The van der Waals surface area contributed by atoms with Crippen LogP contribution in [0.25, 0.3) is 0 Å². The molecule has 4 heteroatoms. The van der Waals surface area contributed by atoms with Crippen LogP contribution in [0.4, 0.5) is 0 Å². The number of hydrogen-bond donors (Lipinski definition) is 1. The summed E-state index contributed by atoms with van der Waals surface area (Å²) in [4.78, 5) is 4.14. The average Bonchev–Trinajstić information content (AvgIpc) is 2.61. The molecule has 0 atom stereocenters. The number of pyridine rings is 1. The van der Waals surface area contributed by atoms with Crippen LogP contribution in [-0.4, -0.2) is 26.7 Å². The van der Waals surface area contributed by atoms with Crippen molar-refractivity contribution < 1.29 is 5.11 Å². The number of aromatic nitrogens is 1. The van der Waals surface area contributed by atoms with Gasteiger partial charge in [-0.15, -0.1) is 0 Å². The van der Waals surface area contributed by atoms with Gasteiger partial charge in [0.05, 0.1) is 12.2 Å². The maximum atomic E-state index is 9.47. The van der Waals surface area contributed by atoms with Gasteiger partial charge in [0.1, 0.15) is 5.75 Å². The lowest BCUT2D eigenvalue weighted by atomic mass is 10.3. The molecule has 13 heavy (non-hydrogen) atoms. The van der Waals surface area contributed by atoms with Gasteiger partial charge in [-0.1, -0.05) is 11.9 Å². The van der Waals surface area contributed by atoms with Crippen LogP contribution in [0.3, 0.4) is 0 Å². The third-order valence-corrected chi connectivity index (χ3v) is 3.17. The maximum absolute atomic E-state index is 9.47. The summed E-state index contributed by atoms with van der Waals surface area (Å²) in [6.45, 7) is 1.85. The fourth-order valence-electron chi connectivity index (χ4n) is 1.34. The maximum Gasteiger partial charge on any atom is 0.138 e. The Balaban J connectivity index is 2.04. The Morgan fingerprint density at radius 3 is 3.23 bits per heavy atom. The van der Waals surface area contributed by atoms with E-state index in [4.69, 9.17) is 0 Å². The summed E-state index contributed by atoms with van der Waals surface area (Å²) in [6.07, 6.45) is 2.95. The number of hydrogen-bond acceptors (Lipinski definition) is 4. The zero-order chi connectivity index (χ0) is 9.10. The molecule has 1 N–H and O–H groups in total. The summed E-state index contributed by atoms with van der Waals surface area (Å²) in [5.74, 6) is 1.49. The number of aromatic hydroxyl groups is 1. The average molecular weight is 196 g/mol. The lowest BCUT2D eigenvalue weighted by molar-refractivity contribution is 0.433. The molecule has 1 aliphatic rings. The summed E-state index contributed by atoms with van der Waals surface area (Å²) < 4.78 is 2.24. The lowest BCUT2D eigenvalue weighted by Gasteiger charge is -2.12. The first-order valence-corrected chi connectivity index (χ1v) is 5.31. The number of nitrogens with zero attached hydrogens (tertiary/aromatic N) is 2. The van der Waals surface area contributed by atoms with Crippen LogP contribution < -0.4 is 0 Å². The molecule has 3 nitrogen and oxygen atoms in total. The molecule has 0 bridgehead atoms. The molecular formula is C9H12N2OS.